The van der Waals surface area contributed by atoms with Gasteiger partial charge in [-0.05, 0) is 24.3 Å². The van der Waals surface area contributed by atoms with E-state index in [9.17, 15) is 9.59 Å². The summed E-state index contributed by atoms with van der Waals surface area (Å²) in [4.78, 5) is 28.1. The van der Waals surface area contributed by atoms with Crippen LogP contribution in [0.25, 0.3) is 10.6 Å². The zero-order valence-corrected chi connectivity index (χ0v) is 14.5. The minimum atomic E-state index is -0.260. The molecule has 0 aliphatic rings. The summed E-state index contributed by atoms with van der Waals surface area (Å²) in [6.07, 6.45) is 0.423. The van der Waals surface area contributed by atoms with E-state index in [1.165, 1.54) is 11.3 Å². The lowest BCUT2D eigenvalue weighted by molar-refractivity contribution is -0.115. The SMILES string of the molecule is CCC(=O)Nc1ccc(NC(=O)c2csc(-c3ccccc3)n2)cc1. The lowest BCUT2D eigenvalue weighted by atomic mass is 10.2. The van der Waals surface area contributed by atoms with Crippen LogP contribution in [0, 0.1) is 0 Å². The van der Waals surface area contributed by atoms with Crippen LogP contribution in [0.15, 0.2) is 60.0 Å². The van der Waals surface area contributed by atoms with E-state index in [2.05, 4.69) is 15.6 Å². The molecule has 0 saturated heterocycles. The molecule has 0 radical (unpaired) electrons. The quantitative estimate of drug-likeness (QED) is 0.715. The number of rotatable bonds is 5. The second-order valence-corrected chi connectivity index (χ2v) is 6.20. The molecule has 2 amide bonds. The van der Waals surface area contributed by atoms with Gasteiger partial charge in [0.05, 0.1) is 0 Å². The highest BCUT2D eigenvalue weighted by molar-refractivity contribution is 7.13. The lowest BCUT2D eigenvalue weighted by Crippen LogP contribution is -2.13. The normalized spacial score (nSPS) is 10.3. The molecule has 0 unspecified atom stereocenters. The van der Waals surface area contributed by atoms with Crippen LogP contribution in [-0.2, 0) is 4.79 Å². The number of nitrogens with zero attached hydrogens (tertiary/aromatic N) is 1. The van der Waals surface area contributed by atoms with Crippen LogP contribution >= 0.6 is 11.3 Å². The number of carbonyl (C=O) groups excluding carboxylic acids is 2. The third-order valence-corrected chi connectivity index (χ3v) is 4.40. The van der Waals surface area contributed by atoms with Crippen molar-refractivity contribution in [3.63, 3.8) is 0 Å². The first-order valence-corrected chi connectivity index (χ1v) is 8.76. The number of anilines is 2. The van der Waals surface area contributed by atoms with E-state index < -0.39 is 0 Å². The number of hydrogen-bond donors (Lipinski definition) is 2. The van der Waals surface area contributed by atoms with Crippen LogP contribution in [-0.4, -0.2) is 16.8 Å². The molecule has 0 saturated carbocycles. The Kier molecular flexibility index (Phi) is 5.20. The lowest BCUT2D eigenvalue weighted by Gasteiger charge is -2.06. The van der Waals surface area contributed by atoms with Crippen molar-refractivity contribution in [2.45, 2.75) is 13.3 Å². The van der Waals surface area contributed by atoms with Gasteiger partial charge in [0.1, 0.15) is 10.7 Å². The fraction of sp³-hybridized carbons (Fsp3) is 0.105. The second kappa shape index (κ2) is 7.72. The van der Waals surface area contributed by atoms with Gasteiger partial charge >= 0.3 is 0 Å². The maximum absolute atomic E-state index is 12.3. The minimum Gasteiger partial charge on any atom is -0.326 e. The molecule has 0 bridgehead atoms. The summed E-state index contributed by atoms with van der Waals surface area (Å²) in [7, 11) is 0. The first-order chi connectivity index (χ1) is 12.2. The molecule has 126 valence electrons. The van der Waals surface area contributed by atoms with Gasteiger partial charge in [-0.2, -0.15) is 0 Å². The van der Waals surface area contributed by atoms with E-state index in [0.29, 0.717) is 23.5 Å². The van der Waals surface area contributed by atoms with Gasteiger partial charge in [0, 0.05) is 28.7 Å². The zero-order chi connectivity index (χ0) is 17.6. The molecular formula is C19H17N3O2S. The van der Waals surface area contributed by atoms with Crippen molar-refractivity contribution < 1.29 is 9.59 Å². The Bertz CT molecular complexity index is 873. The highest BCUT2D eigenvalue weighted by Crippen LogP contribution is 2.24. The number of thiazole rings is 1. The van der Waals surface area contributed by atoms with Crippen LogP contribution in [0.5, 0.6) is 0 Å². The Labute approximate surface area is 149 Å². The fourth-order valence-corrected chi connectivity index (χ4v) is 2.98. The van der Waals surface area contributed by atoms with Crippen LogP contribution in [0.1, 0.15) is 23.8 Å². The molecule has 6 heteroatoms. The smallest absolute Gasteiger partial charge is 0.275 e. The van der Waals surface area contributed by atoms with E-state index >= 15 is 0 Å². The molecule has 2 N–H and O–H groups in total. The van der Waals surface area contributed by atoms with Gasteiger partial charge in [-0.3, -0.25) is 9.59 Å². The molecule has 2 aromatic carbocycles. The third kappa shape index (κ3) is 4.30. The molecule has 0 aliphatic carbocycles. The van der Waals surface area contributed by atoms with E-state index in [-0.39, 0.29) is 11.8 Å². The Hall–Kier alpha value is -2.99. The predicted octanol–water partition coefficient (Wildman–Crippen LogP) is 4.41. The maximum Gasteiger partial charge on any atom is 0.275 e. The van der Waals surface area contributed by atoms with Crippen LogP contribution in [0.2, 0.25) is 0 Å². The molecule has 1 heterocycles. The van der Waals surface area contributed by atoms with Gasteiger partial charge in [-0.15, -0.1) is 11.3 Å². The molecule has 25 heavy (non-hydrogen) atoms. The summed E-state index contributed by atoms with van der Waals surface area (Å²) in [6.45, 7) is 1.79. The van der Waals surface area contributed by atoms with Crippen molar-refractivity contribution in [2.24, 2.45) is 0 Å². The summed E-state index contributed by atoms with van der Waals surface area (Å²) in [5.74, 6) is -0.309. The van der Waals surface area contributed by atoms with Crippen molar-refractivity contribution in [1.82, 2.24) is 4.98 Å². The van der Waals surface area contributed by atoms with Crippen LogP contribution in [0.3, 0.4) is 0 Å². The average Bonchev–Trinajstić information content (AvgIpc) is 3.14. The third-order valence-electron chi connectivity index (χ3n) is 3.51. The molecule has 1 aromatic heterocycles. The van der Waals surface area contributed by atoms with E-state index in [1.54, 1.807) is 36.6 Å². The Morgan fingerprint density at radius 1 is 0.960 bits per heavy atom. The van der Waals surface area contributed by atoms with Gasteiger partial charge in [0.25, 0.3) is 5.91 Å². The summed E-state index contributed by atoms with van der Waals surface area (Å²) >= 11 is 1.43. The average molecular weight is 351 g/mol. The maximum atomic E-state index is 12.3. The van der Waals surface area contributed by atoms with Crippen LogP contribution < -0.4 is 10.6 Å². The summed E-state index contributed by atoms with van der Waals surface area (Å²) < 4.78 is 0. The van der Waals surface area contributed by atoms with E-state index in [0.717, 1.165) is 10.6 Å². The Balaban J connectivity index is 1.66. The number of benzene rings is 2. The van der Waals surface area contributed by atoms with Gasteiger partial charge in [0.2, 0.25) is 5.91 Å². The molecule has 5 nitrogen and oxygen atoms in total. The number of hydrogen-bond acceptors (Lipinski definition) is 4. The molecule has 0 spiro atoms. The second-order valence-electron chi connectivity index (χ2n) is 5.34. The van der Waals surface area contributed by atoms with Gasteiger partial charge < -0.3 is 10.6 Å². The van der Waals surface area contributed by atoms with E-state index in [1.807, 2.05) is 30.3 Å². The highest BCUT2D eigenvalue weighted by atomic mass is 32.1. The molecule has 0 fully saturated rings. The van der Waals surface area contributed by atoms with Crippen molar-refractivity contribution in [2.75, 3.05) is 10.6 Å². The van der Waals surface area contributed by atoms with Crippen molar-refractivity contribution >= 4 is 34.5 Å². The summed E-state index contributed by atoms with van der Waals surface area (Å²) in [5.41, 5.74) is 2.72. The zero-order valence-electron chi connectivity index (χ0n) is 13.7. The number of carbonyl (C=O) groups is 2. The van der Waals surface area contributed by atoms with Gasteiger partial charge in [0.15, 0.2) is 0 Å². The highest BCUT2D eigenvalue weighted by Gasteiger charge is 2.12. The molecule has 0 atom stereocenters. The standard InChI is InChI=1S/C19H17N3O2S/c1-2-17(23)20-14-8-10-15(11-9-14)21-18(24)16-12-25-19(22-16)13-6-4-3-5-7-13/h3-12H,2H2,1H3,(H,20,23)(H,21,24). The first kappa shape index (κ1) is 16.9. The molecular weight excluding hydrogens is 334 g/mol. The van der Waals surface area contributed by atoms with Crippen molar-refractivity contribution in [3.05, 3.63) is 65.7 Å². The molecule has 0 aliphatic heterocycles. The predicted molar refractivity (Wildman–Crippen MR) is 101 cm³/mol. The summed E-state index contributed by atoms with van der Waals surface area (Å²) in [5, 5.41) is 8.13. The Morgan fingerprint density at radius 3 is 2.24 bits per heavy atom. The largest absolute Gasteiger partial charge is 0.326 e. The number of nitrogens with one attached hydrogen (secondary N) is 2. The first-order valence-electron chi connectivity index (χ1n) is 7.88. The molecule has 3 rings (SSSR count). The van der Waals surface area contributed by atoms with Gasteiger partial charge in [-0.1, -0.05) is 37.3 Å². The number of aromatic nitrogens is 1. The van der Waals surface area contributed by atoms with E-state index in [4.69, 9.17) is 0 Å². The monoisotopic (exact) mass is 351 g/mol. The van der Waals surface area contributed by atoms with Gasteiger partial charge in [-0.25, -0.2) is 4.98 Å². The Morgan fingerprint density at radius 2 is 1.60 bits per heavy atom. The molecule has 3 aromatic rings. The van der Waals surface area contributed by atoms with Crippen molar-refractivity contribution in [1.29, 1.82) is 0 Å². The minimum absolute atomic E-state index is 0.0484. The topological polar surface area (TPSA) is 71.1 Å². The summed E-state index contributed by atoms with van der Waals surface area (Å²) in [6, 6.07) is 16.7. The van der Waals surface area contributed by atoms with Crippen molar-refractivity contribution in [3.8, 4) is 10.6 Å². The van der Waals surface area contributed by atoms with Crippen LogP contribution in [0.4, 0.5) is 11.4 Å². The fourth-order valence-electron chi connectivity index (χ4n) is 2.17. The number of amides is 2.